The molecule has 2 aliphatic rings. The number of nitrogens with two attached hydrogens (primary N) is 1. The zero-order chi connectivity index (χ0) is 39.6. The minimum atomic E-state index is -3.75. The third-order valence-electron chi connectivity index (χ3n) is 8.59. The molecule has 0 aliphatic carbocycles. The normalized spacial score (nSPS) is 19.3. The molecule has 3 aromatic rings. The molecule has 15 heteroatoms. The van der Waals surface area contributed by atoms with Crippen molar-refractivity contribution in [1.82, 2.24) is 14.9 Å². The highest BCUT2D eigenvalue weighted by atomic mass is 127. The number of para-hydroxylation sites is 1. The first-order valence-corrected chi connectivity index (χ1v) is 23.4. The smallest absolute Gasteiger partial charge is 0.410 e. The van der Waals surface area contributed by atoms with E-state index in [1.807, 2.05) is 26.8 Å². The zero-order valence-electron chi connectivity index (χ0n) is 32.3. The summed E-state index contributed by atoms with van der Waals surface area (Å²) in [5, 5.41) is 2.89. The number of carbonyl (C=O) groups excluding carboxylic acids is 2. The number of hydrogen-bond acceptors (Lipinski definition) is 10. The van der Waals surface area contributed by atoms with Crippen molar-refractivity contribution >= 4 is 61.8 Å². The summed E-state index contributed by atoms with van der Waals surface area (Å²) in [6.45, 7) is 15.6. The summed E-state index contributed by atoms with van der Waals surface area (Å²) in [7, 11) is -2.11. The number of anilines is 2. The highest BCUT2D eigenvalue weighted by Crippen LogP contribution is 2.42. The maximum Gasteiger partial charge on any atom is 0.410 e. The minimum absolute atomic E-state index is 0.0766. The van der Waals surface area contributed by atoms with Crippen LogP contribution >= 0.6 is 28.5 Å². The Balaban J connectivity index is 0.00000372. The van der Waals surface area contributed by atoms with Crippen LogP contribution in [-0.4, -0.2) is 64.9 Å². The van der Waals surface area contributed by atoms with Gasteiger partial charge in [0, 0.05) is 18.2 Å². The van der Waals surface area contributed by atoms with Crippen molar-refractivity contribution in [3.8, 4) is 17.0 Å². The van der Waals surface area contributed by atoms with Gasteiger partial charge in [0.25, 0.3) is 5.91 Å². The Bertz CT molecular complexity index is 1820. The number of sulfone groups is 1. The van der Waals surface area contributed by atoms with E-state index in [1.165, 1.54) is 11.1 Å². The molecular weight excluding hydrogens is 828 g/mol. The van der Waals surface area contributed by atoms with Gasteiger partial charge in [-0.1, -0.05) is 57.4 Å². The molecule has 0 saturated carbocycles. The fraction of sp³-hybridized carbons (Fsp3) is 0.526. The lowest BCUT2D eigenvalue weighted by Gasteiger charge is -2.36. The molecule has 292 valence electrons. The number of nitrogen functional groups attached to an aromatic ring is 1. The van der Waals surface area contributed by atoms with Gasteiger partial charge in [0.15, 0.2) is 21.3 Å². The summed E-state index contributed by atoms with van der Waals surface area (Å²) in [5.74, 6) is -0.258. The van der Waals surface area contributed by atoms with E-state index in [9.17, 15) is 18.0 Å². The Morgan fingerprint density at radius 1 is 1.08 bits per heavy atom. The minimum Gasteiger partial charge on any atom is -0.491 e. The van der Waals surface area contributed by atoms with Crippen LogP contribution in [-0.2, 0) is 25.6 Å². The van der Waals surface area contributed by atoms with E-state index in [0.717, 1.165) is 25.7 Å². The summed E-state index contributed by atoms with van der Waals surface area (Å²) in [5.41, 5.74) is 6.70. The van der Waals surface area contributed by atoms with Crippen molar-refractivity contribution in [3.63, 3.8) is 0 Å². The van der Waals surface area contributed by atoms with Crippen LogP contribution in [0.25, 0.3) is 11.3 Å². The molecule has 2 unspecified atom stereocenters. The molecule has 12 nitrogen and oxygen atoms in total. The van der Waals surface area contributed by atoms with E-state index in [-0.39, 0.29) is 29.4 Å². The third kappa shape index (κ3) is 12.0. The van der Waals surface area contributed by atoms with Gasteiger partial charge in [0.1, 0.15) is 11.4 Å². The van der Waals surface area contributed by atoms with Gasteiger partial charge in [-0.2, -0.15) is 0 Å². The van der Waals surface area contributed by atoms with E-state index >= 15 is 0 Å². The van der Waals surface area contributed by atoms with Crippen LogP contribution in [0.2, 0.25) is 0 Å². The average Bonchev–Trinajstić information content (AvgIpc) is 3.08. The molecule has 0 saturated heterocycles. The number of nitrogens with one attached hydrogen (secondary N) is 1. The van der Waals surface area contributed by atoms with Crippen LogP contribution in [0.4, 0.5) is 16.3 Å². The molecule has 53 heavy (non-hydrogen) atoms. The van der Waals surface area contributed by atoms with Crippen LogP contribution in [0.3, 0.4) is 0 Å². The predicted octanol–water partition coefficient (Wildman–Crippen LogP) is 9.38. The summed E-state index contributed by atoms with van der Waals surface area (Å²) < 4.78 is 44.9. The van der Waals surface area contributed by atoms with Gasteiger partial charge in [-0.05, 0) is 101 Å². The molecule has 3 heterocycles. The number of hydrogen-bond donors (Lipinski definition) is 2. The molecule has 2 aromatic carbocycles. The van der Waals surface area contributed by atoms with Crippen LogP contribution < -0.4 is 15.8 Å². The van der Waals surface area contributed by atoms with E-state index in [2.05, 4.69) is 37.3 Å². The molecule has 0 radical (unpaired) electrons. The van der Waals surface area contributed by atoms with E-state index in [1.54, 1.807) is 78.1 Å². The van der Waals surface area contributed by atoms with Crippen molar-refractivity contribution in [3.05, 3.63) is 59.9 Å². The number of carbonyl (C=O) groups is 2. The van der Waals surface area contributed by atoms with E-state index < -0.39 is 37.8 Å². The van der Waals surface area contributed by atoms with E-state index in [0.29, 0.717) is 47.7 Å². The number of aromatic nitrogens is 2. The number of rotatable bonds is 4. The molecule has 2 amide bonds. The highest BCUT2D eigenvalue weighted by molar-refractivity contribution is 14.2. The van der Waals surface area contributed by atoms with Gasteiger partial charge >= 0.3 is 6.09 Å². The lowest BCUT2D eigenvalue weighted by Crippen LogP contribution is -2.41. The van der Waals surface area contributed by atoms with Crippen molar-refractivity contribution < 1.29 is 32.0 Å². The van der Waals surface area contributed by atoms with Gasteiger partial charge in [0.05, 0.1) is 52.4 Å². The van der Waals surface area contributed by atoms with Gasteiger partial charge < -0.3 is 29.9 Å². The molecule has 3 N–H and O–H groups in total. The van der Waals surface area contributed by atoms with Gasteiger partial charge in [-0.3, -0.25) is 4.79 Å². The molecule has 4 bridgehead atoms. The predicted molar refractivity (Wildman–Crippen MR) is 222 cm³/mol. The molecule has 1 aromatic heterocycles. The van der Waals surface area contributed by atoms with Crippen molar-refractivity contribution in [1.29, 1.82) is 0 Å². The Morgan fingerprint density at radius 3 is 2.38 bits per heavy atom. The molecule has 0 spiro atoms. The van der Waals surface area contributed by atoms with Crippen LogP contribution in [0.15, 0.2) is 53.6 Å². The average molecular weight is 884 g/mol. The van der Waals surface area contributed by atoms with Crippen LogP contribution in [0.5, 0.6) is 5.75 Å². The zero-order valence-corrected chi connectivity index (χ0v) is 36.3. The van der Waals surface area contributed by atoms with Gasteiger partial charge in [0.2, 0.25) is 0 Å². The highest BCUT2D eigenvalue weighted by Gasteiger charge is 2.42. The van der Waals surface area contributed by atoms with E-state index in [4.69, 9.17) is 19.7 Å². The van der Waals surface area contributed by atoms with Gasteiger partial charge in [-0.25, -0.2) is 23.2 Å². The number of ether oxygens (including phenoxy) is 2. The van der Waals surface area contributed by atoms with Gasteiger partial charge in [-0.15, -0.1) is 0 Å². The Morgan fingerprint density at radius 2 is 1.74 bits per heavy atom. The summed E-state index contributed by atoms with van der Waals surface area (Å²) in [6.07, 6.45) is 5.30. The number of benzene rings is 2. The summed E-state index contributed by atoms with van der Waals surface area (Å²) in [6, 6.07) is 11.7. The standard InChI is InChI=1S/C36H49IN5O7PS.C2H6/c1-34(2,3)48-33(44)42(7)22-25-13-12-14-27-30(25)47-20-11-9-8-10-19-36(6,49-50-37)23-35(4,5)51(45,46)26-17-15-24(16-18-26)28-21-39-31(38)29(40-28)32(43)41-27;1-2/h12-18,21,50H,8-11,19-20,22-23H2,1-7H3,(H2,38,39)(H,41,43);1-2H3. The quantitative estimate of drug-likeness (QED) is 0.191. The number of amides is 2. The lowest BCUT2D eigenvalue weighted by atomic mass is 9.88. The second-order valence-electron chi connectivity index (χ2n) is 14.7. The maximum absolute atomic E-state index is 13.9. The maximum atomic E-state index is 13.9. The Hall–Kier alpha value is -3.07. The number of fused-ring (bicyclic) bond motifs is 13. The van der Waals surface area contributed by atoms with Crippen molar-refractivity contribution in [2.75, 3.05) is 24.7 Å². The third-order valence-corrected chi connectivity index (χ3v) is 12.3. The second-order valence-corrected chi connectivity index (χ2v) is 18.9. The summed E-state index contributed by atoms with van der Waals surface area (Å²) in [4.78, 5) is 36.9. The lowest BCUT2D eigenvalue weighted by molar-refractivity contribution is 0.0283. The first-order valence-electron chi connectivity index (χ1n) is 17.9. The number of nitrogens with zero attached hydrogens (tertiary/aromatic N) is 3. The SMILES string of the molecule is CC.CN(Cc1cccc2c1OCCCCCCC(C)(OPI)CC(C)(C)S(=O)(=O)c1ccc(cc1)-c1cnc(N)c(n1)C(=O)N2)C(=O)OC(C)(C)C. The fourth-order valence-corrected chi connectivity index (χ4v) is 9.62. The molecule has 5 rings (SSSR count). The molecule has 0 fully saturated rings. The molecular formula is C38H55IN5O7PS. The summed E-state index contributed by atoms with van der Waals surface area (Å²) >= 11 is 2.19. The molecule has 2 aliphatic heterocycles. The van der Waals surface area contributed by atoms with Crippen LogP contribution in [0, 0.1) is 0 Å². The van der Waals surface area contributed by atoms with Crippen molar-refractivity contribution in [2.24, 2.45) is 0 Å². The second kappa shape index (κ2) is 19.0. The number of halogens is 1. The van der Waals surface area contributed by atoms with Crippen LogP contribution in [0.1, 0.15) is 110 Å². The Kier molecular flexibility index (Phi) is 15.9. The monoisotopic (exact) mass is 883 g/mol. The van der Waals surface area contributed by atoms with Crippen molar-refractivity contribution in [2.45, 2.75) is 121 Å². The molecule has 2 atom stereocenters. The Labute approximate surface area is 330 Å². The topological polar surface area (TPSA) is 163 Å². The first-order chi connectivity index (χ1) is 24.9. The largest absolute Gasteiger partial charge is 0.491 e. The first kappa shape index (κ1) is 44.3. The fourth-order valence-electron chi connectivity index (χ4n) is 6.04.